The van der Waals surface area contributed by atoms with E-state index in [1.807, 2.05) is 0 Å². The minimum absolute atomic E-state index is 0.0498. The van der Waals surface area contributed by atoms with Crippen molar-refractivity contribution in [1.82, 2.24) is 0 Å². The maximum absolute atomic E-state index is 11.9. The molecule has 2 saturated carbocycles. The van der Waals surface area contributed by atoms with Gasteiger partial charge in [-0.1, -0.05) is 36.7 Å². The molecule has 3 atom stereocenters. The van der Waals surface area contributed by atoms with E-state index < -0.39 is 0 Å². The molecule has 0 saturated heterocycles. The summed E-state index contributed by atoms with van der Waals surface area (Å²) in [6, 6.07) is 0. The summed E-state index contributed by atoms with van der Waals surface area (Å²) in [6.45, 7) is 6.62. The molecule has 0 amide bonds. The summed E-state index contributed by atoms with van der Waals surface area (Å²) in [5.74, 6) is 0.999. The van der Waals surface area contributed by atoms with E-state index in [2.05, 4.69) is 36.7 Å². The summed E-state index contributed by atoms with van der Waals surface area (Å²) in [5.41, 5.74) is 0.157. The lowest BCUT2D eigenvalue weighted by molar-refractivity contribution is -0.127. The molecule has 0 N–H and O–H groups in total. The lowest BCUT2D eigenvalue weighted by atomic mass is 9.70. The molecule has 1 nitrogen and oxygen atoms in total. The number of fused-ring (bicyclic) bond motifs is 2. The summed E-state index contributed by atoms with van der Waals surface area (Å²) in [5, 5.41) is 0. The molecule has 2 aliphatic rings. The number of alkyl halides is 1. The molecule has 2 aliphatic carbocycles. The monoisotopic (exact) mass is 230 g/mol. The average Bonchev–Trinajstić information content (AvgIpc) is 2.26. The Bertz CT molecular complexity index is 246. The number of carbonyl (C=O) groups is 1. The van der Waals surface area contributed by atoms with Gasteiger partial charge in [0.25, 0.3) is 0 Å². The van der Waals surface area contributed by atoms with E-state index in [1.165, 1.54) is 6.42 Å². The maximum Gasteiger partial charge on any atom is 0.153 e. The fraction of sp³-hybridized carbons (Fsp3) is 0.900. The highest BCUT2D eigenvalue weighted by Gasteiger charge is 2.65. The van der Waals surface area contributed by atoms with Crippen molar-refractivity contribution in [3.63, 3.8) is 0 Å². The third-order valence-corrected chi connectivity index (χ3v) is 5.51. The van der Waals surface area contributed by atoms with Gasteiger partial charge in [-0.2, -0.15) is 0 Å². The van der Waals surface area contributed by atoms with Crippen molar-refractivity contribution in [2.75, 3.05) is 0 Å². The largest absolute Gasteiger partial charge is 0.298 e. The molecule has 2 fully saturated rings. The molecule has 0 heterocycles. The Hall–Kier alpha value is 0.150. The van der Waals surface area contributed by atoms with Crippen LogP contribution in [0.2, 0.25) is 0 Å². The second kappa shape index (κ2) is 2.14. The first kappa shape index (κ1) is 8.74. The van der Waals surface area contributed by atoms with Crippen LogP contribution in [-0.2, 0) is 4.79 Å². The van der Waals surface area contributed by atoms with Gasteiger partial charge in [0.05, 0.1) is 4.83 Å². The molecule has 1 unspecified atom stereocenters. The zero-order valence-corrected chi connectivity index (χ0v) is 9.44. The Labute approximate surface area is 82.0 Å². The van der Waals surface area contributed by atoms with Crippen LogP contribution in [-0.4, -0.2) is 10.6 Å². The summed E-state index contributed by atoms with van der Waals surface area (Å²) in [7, 11) is 0. The van der Waals surface area contributed by atoms with Crippen LogP contribution >= 0.6 is 15.9 Å². The van der Waals surface area contributed by atoms with Crippen molar-refractivity contribution in [1.29, 1.82) is 0 Å². The Morgan fingerprint density at radius 1 is 1.42 bits per heavy atom. The van der Waals surface area contributed by atoms with E-state index in [4.69, 9.17) is 0 Å². The molecular weight excluding hydrogens is 216 g/mol. The van der Waals surface area contributed by atoms with E-state index in [0.717, 1.165) is 6.42 Å². The molecule has 0 radical (unpaired) electrons. The Kier molecular flexibility index (Phi) is 1.56. The van der Waals surface area contributed by atoms with Crippen LogP contribution in [0.25, 0.3) is 0 Å². The van der Waals surface area contributed by atoms with Crippen LogP contribution in [0.1, 0.15) is 33.6 Å². The summed E-state index contributed by atoms with van der Waals surface area (Å²) >= 11 is 3.52. The van der Waals surface area contributed by atoms with Gasteiger partial charge in [-0.05, 0) is 24.2 Å². The first-order valence-electron chi connectivity index (χ1n) is 4.59. The zero-order valence-electron chi connectivity index (χ0n) is 7.86. The molecule has 0 aromatic carbocycles. The third-order valence-electron chi connectivity index (χ3n) is 4.45. The van der Waals surface area contributed by atoms with Gasteiger partial charge in [0.1, 0.15) is 0 Å². The van der Waals surface area contributed by atoms with Gasteiger partial charge in [0.2, 0.25) is 0 Å². The van der Waals surface area contributed by atoms with Crippen LogP contribution in [0.4, 0.5) is 0 Å². The Morgan fingerprint density at radius 2 is 2.00 bits per heavy atom. The molecular formula is C10H15BrO. The second-order valence-corrected chi connectivity index (χ2v) is 5.95. The number of Topliss-reactive ketones (excluding diaryl/α,β-unsaturated/α-hetero) is 1. The highest BCUT2D eigenvalue weighted by atomic mass is 79.9. The van der Waals surface area contributed by atoms with Crippen molar-refractivity contribution in [3.05, 3.63) is 0 Å². The molecule has 0 aromatic heterocycles. The molecule has 0 aliphatic heterocycles. The standard InChI is InChI=1S/C10H15BrO/c1-9(2)6-4-5-10(9,3)8(12)7(6)11/h6-7H,4-5H2,1-3H3/t6-,7?,10+/m1/s1. The summed E-state index contributed by atoms with van der Waals surface area (Å²) < 4.78 is 0. The molecule has 2 rings (SSSR count). The number of carbonyl (C=O) groups excluding carboxylic acids is 1. The molecule has 68 valence electrons. The number of hydrogen-bond donors (Lipinski definition) is 0. The van der Waals surface area contributed by atoms with Crippen molar-refractivity contribution in [2.45, 2.75) is 38.4 Å². The van der Waals surface area contributed by atoms with Crippen LogP contribution in [0.5, 0.6) is 0 Å². The lowest BCUT2D eigenvalue weighted by Crippen LogP contribution is -2.33. The SMILES string of the molecule is CC1(C)[C@@H]2CC[C@@]1(C)C(=O)C2Br. The first-order chi connectivity index (χ1) is 5.41. The second-order valence-electron chi connectivity index (χ2n) is 4.96. The van der Waals surface area contributed by atoms with Crippen molar-refractivity contribution >= 4 is 21.7 Å². The van der Waals surface area contributed by atoms with Gasteiger partial charge < -0.3 is 0 Å². The van der Waals surface area contributed by atoms with Crippen molar-refractivity contribution in [2.24, 2.45) is 16.7 Å². The van der Waals surface area contributed by atoms with Gasteiger partial charge in [0, 0.05) is 5.41 Å². The van der Waals surface area contributed by atoms with Crippen LogP contribution in [0, 0.1) is 16.7 Å². The van der Waals surface area contributed by atoms with E-state index in [9.17, 15) is 4.79 Å². The molecule has 0 spiro atoms. The Morgan fingerprint density at radius 3 is 2.25 bits per heavy atom. The van der Waals surface area contributed by atoms with Crippen LogP contribution < -0.4 is 0 Å². The van der Waals surface area contributed by atoms with Crippen molar-refractivity contribution in [3.8, 4) is 0 Å². The van der Waals surface area contributed by atoms with E-state index in [-0.39, 0.29) is 15.7 Å². The number of ketones is 1. The smallest absolute Gasteiger partial charge is 0.153 e. The third kappa shape index (κ3) is 0.688. The van der Waals surface area contributed by atoms with E-state index in [0.29, 0.717) is 11.7 Å². The highest BCUT2D eigenvalue weighted by molar-refractivity contribution is 9.10. The van der Waals surface area contributed by atoms with Crippen LogP contribution in [0.3, 0.4) is 0 Å². The molecule has 0 aromatic rings. The lowest BCUT2D eigenvalue weighted by Gasteiger charge is -2.32. The fourth-order valence-corrected chi connectivity index (χ4v) is 4.41. The van der Waals surface area contributed by atoms with E-state index >= 15 is 0 Å². The van der Waals surface area contributed by atoms with E-state index in [1.54, 1.807) is 0 Å². The predicted octanol–water partition coefficient (Wildman–Crippen LogP) is 2.78. The number of rotatable bonds is 0. The maximum atomic E-state index is 11.9. The Balaban J connectivity index is 2.50. The minimum Gasteiger partial charge on any atom is -0.298 e. The summed E-state index contributed by atoms with van der Waals surface area (Å²) in [6.07, 6.45) is 2.30. The predicted molar refractivity (Wildman–Crippen MR) is 52.3 cm³/mol. The average molecular weight is 231 g/mol. The highest BCUT2D eigenvalue weighted by Crippen LogP contribution is 2.65. The normalized spacial score (nSPS) is 50.2. The van der Waals surface area contributed by atoms with Gasteiger partial charge in [-0.25, -0.2) is 0 Å². The fourth-order valence-electron chi connectivity index (χ4n) is 2.98. The van der Waals surface area contributed by atoms with Gasteiger partial charge in [-0.15, -0.1) is 0 Å². The van der Waals surface area contributed by atoms with Gasteiger partial charge in [-0.3, -0.25) is 4.79 Å². The van der Waals surface area contributed by atoms with Crippen molar-refractivity contribution < 1.29 is 4.79 Å². The molecule has 12 heavy (non-hydrogen) atoms. The number of hydrogen-bond acceptors (Lipinski definition) is 1. The topological polar surface area (TPSA) is 17.1 Å². The quantitative estimate of drug-likeness (QED) is 0.586. The minimum atomic E-state index is -0.0498. The summed E-state index contributed by atoms with van der Waals surface area (Å²) in [4.78, 5) is 12.0. The van der Waals surface area contributed by atoms with Gasteiger partial charge in [0.15, 0.2) is 5.78 Å². The van der Waals surface area contributed by atoms with Crippen LogP contribution in [0.15, 0.2) is 0 Å². The zero-order chi connectivity index (χ0) is 9.15. The van der Waals surface area contributed by atoms with Gasteiger partial charge >= 0.3 is 0 Å². The number of halogens is 1. The molecule has 2 bridgehead atoms. The molecule has 2 heteroatoms. The first-order valence-corrected chi connectivity index (χ1v) is 5.51.